The summed E-state index contributed by atoms with van der Waals surface area (Å²) in [7, 11) is 0. The molecule has 0 radical (unpaired) electrons. The van der Waals surface area contributed by atoms with Crippen molar-refractivity contribution < 1.29 is 9.90 Å². The van der Waals surface area contributed by atoms with E-state index in [1.165, 1.54) is 29.5 Å². The molecule has 3 saturated heterocycles. The minimum Gasteiger partial charge on any atom is -0.478 e. The van der Waals surface area contributed by atoms with Crippen LogP contribution >= 0.6 is 0 Å². The molecule has 4 nitrogen and oxygen atoms in total. The van der Waals surface area contributed by atoms with Crippen LogP contribution in [0, 0.1) is 5.92 Å². The Hall–Kier alpha value is -2.95. The fraction of sp³-hybridized carbons (Fsp3) is 0.321. The lowest BCUT2D eigenvalue weighted by Gasteiger charge is -2.54. The average molecular weight is 427 g/mol. The smallest absolute Gasteiger partial charge is 0.335 e. The Morgan fingerprint density at radius 2 is 1.47 bits per heavy atom. The Kier molecular flexibility index (Phi) is 6.06. The van der Waals surface area contributed by atoms with Crippen LogP contribution in [0.4, 0.5) is 0 Å². The van der Waals surface area contributed by atoms with Gasteiger partial charge in [-0.05, 0) is 60.7 Å². The number of carboxylic acid groups (broad SMARTS) is 1. The topological polar surface area (TPSA) is 52.6 Å². The first kappa shape index (κ1) is 20.9. The Morgan fingerprint density at radius 1 is 0.875 bits per heavy atom. The lowest BCUT2D eigenvalue weighted by atomic mass is 9.70. The third kappa shape index (κ3) is 4.21. The summed E-state index contributed by atoms with van der Waals surface area (Å²) in [6.45, 7) is 3.14. The Labute approximate surface area is 189 Å². The van der Waals surface area contributed by atoms with Gasteiger partial charge in [-0.3, -0.25) is 4.90 Å². The Morgan fingerprint density at radius 3 is 2.09 bits per heavy atom. The third-order valence-corrected chi connectivity index (χ3v) is 7.27. The van der Waals surface area contributed by atoms with Crippen LogP contribution in [0.5, 0.6) is 0 Å². The third-order valence-electron chi connectivity index (χ3n) is 7.27. The van der Waals surface area contributed by atoms with Crippen molar-refractivity contribution in [1.29, 1.82) is 0 Å². The van der Waals surface area contributed by atoms with Gasteiger partial charge >= 0.3 is 5.97 Å². The Balaban J connectivity index is 1.51. The molecule has 6 rings (SSSR count). The van der Waals surface area contributed by atoms with Crippen molar-refractivity contribution in [3.8, 4) is 0 Å². The highest BCUT2D eigenvalue weighted by Gasteiger charge is 2.46. The summed E-state index contributed by atoms with van der Waals surface area (Å²) in [5.41, 5.74) is 4.12. The van der Waals surface area contributed by atoms with E-state index in [0.29, 0.717) is 23.6 Å². The minimum atomic E-state index is -0.879. The summed E-state index contributed by atoms with van der Waals surface area (Å²) in [4.78, 5) is 14.1. The monoisotopic (exact) mass is 426 g/mol. The van der Waals surface area contributed by atoms with Gasteiger partial charge in [0.1, 0.15) is 0 Å². The second-order valence-electron chi connectivity index (χ2n) is 9.07. The summed E-state index contributed by atoms with van der Waals surface area (Å²) in [6.07, 6.45) is 2.48. The molecule has 0 aliphatic carbocycles. The van der Waals surface area contributed by atoms with E-state index >= 15 is 0 Å². The minimum absolute atomic E-state index is 0.190. The van der Waals surface area contributed by atoms with Crippen LogP contribution < -0.4 is 5.32 Å². The highest BCUT2D eigenvalue weighted by Crippen LogP contribution is 2.42. The van der Waals surface area contributed by atoms with Gasteiger partial charge in [0.25, 0.3) is 0 Å². The predicted molar refractivity (Wildman–Crippen MR) is 127 cm³/mol. The highest BCUT2D eigenvalue weighted by atomic mass is 16.4. The number of rotatable bonds is 7. The number of fused-ring (bicyclic) bond motifs is 3. The predicted octanol–water partition coefficient (Wildman–Crippen LogP) is 4.77. The molecule has 3 aromatic rings. The van der Waals surface area contributed by atoms with E-state index < -0.39 is 5.97 Å². The average Bonchev–Trinajstić information content (AvgIpc) is 2.86. The molecule has 3 aliphatic rings. The number of benzene rings is 3. The molecule has 0 spiro atoms. The summed E-state index contributed by atoms with van der Waals surface area (Å²) in [5.74, 6) is -0.0238. The van der Waals surface area contributed by atoms with E-state index in [1.807, 2.05) is 12.1 Å². The molecule has 3 aliphatic heterocycles. The number of carboxylic acids is 1. The number of piperidine rings is 3. The van der Waals surface area contributed by atoms with Gasteiger partial charge in [0.05, 0.1) is 5.56 Å². The molecule has 2 bridgehead atoms. The fourth-order valence-corrected chi connectivity index (χ4v) is 5.70. The van der Waals surface area contributed by atoms with Gasteiger partial charge in [0, 0.05) is 24.5 Å². The van der Waals surface area contributed by atoms with Gasteiger partial charge < -0.3 is 10.4 Å². The van der Waals surface area contributed by atoms with Gasteiger partial charge in [-0.15, -0.1) is 0 Å². The van der Waals surface area contributed by atoms with Crippen LogP contribution in [-0.2, 0) is 6.54 Å². The summed E-state index contributed by atoms with van der Waals surface area (Å²) < 4.78 is 0. The van der Waals surface area contributed by atoms with Crippen LogP contribution in [-0.4, -0.2) is 41.1 Å². The second kappa shape index (κ2) is 9.27. The van der Waals surface area contributed by atoms with Crippen LogP contribution in [0.25, 0.3) is 0 Å². The number of hydrogen-bond acceptors (Lipinski definition) is 3. The maximum atomic E-state index is 11.4. The molecule has 4 heteroatoms. The summed E-state index contributed by atoms with van der Waals surface area (Å²) in [6, 6.07) is 29.6. The van der Waals surface area contributed by atoms with E-state index in [4.69, 9.17) is 0 Å². The molecule has 3 aromatic carbocycles. The van der Waals surface area contributed by atoms with Crippen LogP contribution in [0.2, 0.25) is 0 Å². The number of hydrogen-bond donors (Lipinski definition) is 2. The summed E-state index contributed by atoms with van der Waals surface area (Å²) in [5, 5.41) is 13.3. The van der Waals surface area contributed by atoms with E-state index in [0.717, 1.165) is 19.6 Å². The van der Waals surface area contributed by atoms with Crippen molar-refractivity contribution in [2.75, 3.05) is 13.1 Å². The van der Waals surface area contributed by atoms with Crippen molar-refractivity contribution in [3.05, 3.63) is 107 Å². The first-order chi connectivity index (χ1) is 15.7. The SMILES string of the molecule is O=C(O)c1ccc(C(c2ccccc2)[C@H]2[C@H](NCc3ccccc3)C3CCN2CC3)cc1. The molecule has 164 valence electrons. The van der Waals surface area contributed by atoms with E-state index in [9.17, 15) is 9.90 Å². The molecule has 2 N–H and O–H groups in total. The molecular formula is C28H30N2O2. The van der Waals surface area contributed by atoms with Crippen molar-refractivity contribution in [2.24, 2.45) is 5.92 Å². The van der Waals surface area contributed by atoms with Crippen LogP contribution in [0.15, 0.2) is 84.9 Å². The zero-order valence-corrected chi connectivity index (χ0v) is 18.2. The largest absolute Gasteiger partial charge is 0.478 e. The molecule has 0 aromatic heterocycles. The molecular weight excluding hydrogens is 396 g/mol. The normalized spacial score (nSPS) is 25.4. The molecule has 3 fully saturated rings. The molecule has 3 heterocycles. The summed E-state index contributed by atoms with van der Waals surface area (Å²) >= 11 is 0. The van der Waals surface area contributed by atoms with Gasteiger partial charge in [0.2, 0.25) is 0 Å². The molecule has 1 unspecified atom stereocenters. The maximum Gasteiger partial charge on any atom is 0.335 e. The quantitative estimate of drug-likeness (QED) is 0.571. The highest BCUT2D eigenvalue weighted by molar-refractivity contribution is 5.87. The lowest BCUT2D eigenvalue weighted by molar-refractivity contribution is 0.00468. The number of aromatic carboxylic acids is 1. The molecule has 32 heavy (non-hydrogen) atoms. The van der Waals surface area contributed by atoms with Crippen molar-refractivity contribution >= 4 is 5.97 Å². The van der Waals surface area contributed by atoms with E-state index in [1.54, 1.807) is 12.1 Å². The Bertz CT molecular complexity index is 1030. The fourth-order valence-electron chi connectivity index (χ4n) is 5.70. The van der Waals surface area contributed by atoms with Crippen LogP contribution in [0.1, 0.15) is 45.8 Å². The van der Waals surface area contributed by atoms with Crippen molar-refractivity contribution in [2.45, 2.75) is 37.4 Å². The maximum absolute atomic E-state index is 11.4. The number of nitrogens with zero attached hydrogens (tertiary/aromatic N) is 1. The molecule has 0 amide bonds. The van der Waals surface area contributed by atoms with E-state index in [-0.39, 0.29) is 5.92 Å². The van der Waals surface area contributed by atoms with Gasteiger partial charge in [-0.1, -0.05) is 72.8 Å². The standard InChI is InChI=1S/C28H30N2O2/c31-28(32)24-13-11-22(12-14-24)25(21-9-5-2-6-10-21)27-26(23-15-17-30(27)18-16-23)29-19-20-7-3-1-4-8-20/h1-14,23,25-27,29H,15-19H2,(H,31,32)/t25?,26-,27+/m1/s1. The van der Waals surface area contributed by atoms with Gasteiger partial charge in [-0.25, -0.2) is 4.79 Å². The number of carbonyl (C=O) groups is 1. The first-order valence-electron chi connectivity index (χ1n) is 11.6. The first-order valence-corrected chi connectivity index (χ1v) is 11.6. The lowest BCUT2D eigenvalue weighted by Crippen LogP contribution is -2.64. The molecule has 0 saturated carbocycles. The van der Waals surface area contributed by atoms with Crippen LogP contribution in [0.3, 0.4) is 0 Å². The zero-order chi connectivity index (χ0) is 21.9. The van der Waals surface area contributed by atoms with Gasteiger partial charge in [0.15, 0.2) is 0 Å². The zero-order valence-electron chi connectivity index (χ0n) is 18.2. The molecule has 3 atom stereocenters. The van der Waals surface area contributed by atoms with E-state index in [2.05, 4.69) is 70.9 Å². The second-order valence-corrected chi connectivity index (χ2v) is 9.07. The van der Waals surface area contributed by atoms with Crippen molar-refractivity contribution in [3.63, 3.8) is 0 Å². The number of nitrogens with one attached hydrogen (secondary N) is 1. The van der Waals surface area contributed by atoms with Crippen molar-refractivity contribution in [1.82, 2.24) is 10.2 Å². The van der Waals surface area contributed by atoms with Gasteiger partial charge in [-0.2, -0.15) is 0 Å².